The largest absolute Gasteiger partial charge is 0.507 e. The highest BCUT2D eigenvalue weighted by atomic mass is 19.1. The van der Waals surface area contributed by atoms with Crippen molar-refractivity contribution < 1.29 is 18.2 Å². The molecule has 0 saturated carbocycles. The van der Waals surface area contributed by atoms with Crippen LogP contribution < -0.4 is 0 Å². The molecule has 0 aliphatic rings. The predicted octanol–water partition coefficient (Wildman–Crippen LogP) is 0.888. The van der Waals surface area contributed by atoms with Crippen molar-refractivity contribution in [1.29, 1.82) is 0 Å². The number of hydrogen-bond acceptors (Lipinski definition) is 2. The summed E-state index contributed by atoms with van der Waals surface area (Å²) < 4.78 is 17.4. The SMILES string of the molecule is CCOC(=O)[B-](F)[N+](C)(C)C. The number of nitrogens with zero attached hydrogens (tertiary/aromatic N) is 1. The third-order valence-corrected chi connectivity index (χ3v) is 1.16. The molecule has 0 rings (SSSR count). The average Bonchev–Trinajstić information content (AvgIpc) is 1.85. The summed E-state index contributed by atoms with van der Waals surface area (Å²) >= 11 is 0. The highest BCUT2D eigenvalue weighted by Gasteiger charge is 2.25. The zero-order valence-electron chi connectivity index (χ0n) is 7.43. The van der Waals surface area contributed by atoms with E-state index in [1.165, 1.54) is 0 Å². The van der Waals surface area contributed by atoms with E-state index in [4.69, 9.17) is 0 Å². The zero-order valence-corrected chi connectivity index (χ0v) is 7.43. The van der Waals surface area contributed by atoms with Crippen LogP contribution in [-0.4, -0.2) is 45.1 Å². The van der Waals surface area contributed by atoms with Gasteiger partial charge in [-0.3, -0.25) is 4.79 Å². The Morgan fingerprint density at radius 3 is 2.27 bits per heavy atom. The standard InChI is InChI=1S/C6H14BFNO2/c1-5-11-6(10)7(8)9(2,3)4/h5H2,1-4H3. The molecule has 0 saturated heterocycles. The predicted molar refractivity (Wildman–Crippen MR) is 41.9 cm³/mol. The molecule has 0 aliphatic heterocycles. The van der Waals surface area contributed by atoms with Gasteiger partial charge < -0.3 is 13.4 Å². The smallest absolute Gasteiger partial charge is 0.434 e. The molecule has 0 aliphatic carbocycles. The molecule has 0 bridgehead atoms. The van der Waals surface area contributed by atoms with Crippen LogP contribution in [0.15, 0.2) is 0 Å². The summed E-state index contributed by atoms with van der Waals surface area (Å²) in [4.78, 5) is 10.8. The van der Waals surface area contributed by atoms with E-state index in [9.17, 15) is 9.11 Å². The minimum Gasteiger partial charge on any atom is -0.507 e. The maximum atomic E-state index is 13.0. The molecule has 0 spiro atoms. The molecule has 0 N–H and O–H groups in total. The lowest BCUT2D eigenvalue weighted by molar-refractivity contribution is -0.765. The molecule has 1 radical (unpaired) electrons. The second kappa shape index (κ2) is 3.71. The average molecular weight is 162 g/mol. The number of rotatable bonds is 3. The molecule has 11 heavy (non-hydrogen) atoms. The molecule has 65 valence electrons. The number of carbonyl (C=O) groups excluding carboxylic acids is 1. The first-order valence-corrected chi connectivity index (χ1v) is 3.51. The van der Waals surface area contributed by atoms with Gasteiger partial charge in [0, 0.05) is 21.1 Å². The van der Waals surface area contributed by atoms with E-state index in [1.54, 1.807) is 28.1 Å². The lowest BCUT2D eigenvalue weighted by atomic mass is 9.83. The van der Waals surface area contributed by atoms with Gasteiger partial charge in [-0.05, 0) is 6.92 Å². The molecule has 0 unspecified atom stereocenters. The van der Waals surface area contributed by atoms with Crippen molar-refractivity contribution in [1.82, 2.24) is 0 Å². The fourth-order valence-electron chi connectivity index (χ4n) is 0.527. The van der Waals surface area contributed by atoms with Crippen LogP contribution >= 0.6 is 0 Å². The van der Waals surface area contributed by atoms with Gasteiger partial charge in [0.05, 0.1) is 6.61 Å². The van der Waals surface area contributed by atoms with Crippen molar-refractivity contribution in [3.8, 4) is 0 Å². The topological polar surface area (TPSA) is 26.3 Å². The molecule has 3 nitrogen and oxygen atoms in total. The van der Waals surface area contributed by atoms with Crippen molar-refractivity contribution in [3.63, 3.8) is 0 Å². The van der Waals surface area contributed by atoms with E-state index in [1.807, 2.05) is 0 Å². The van der Waals surface area contributed by atoms with Crippen molar-refractivity contribution in [3.05, 3.63) is 0 Å². The fraction of sp³-hybridized carbons (Fsp3) is 0.833. The lowest BCUT2D eigenvalue weighted by Gasteiger charge is -2.36. The molecule has 0 amide bonds. The Morgan fingerprint density at radius 1 is 1.55 bits per heavy atom. The quantitative estimate of drug-likeness (QED) is 0.576. The molecule has 5 heteroatoms. The van der Waals surface area contributed by atoms with Crippen LogP contribution in [0.5, 0.6) is 0 Å². The third kappa shape index (κ3) is 3.37. The summed E-state index contributed by atoms with van der Waals surface area (Å²) in [7, 11) is 3.21. The van der Waals surface area contributed by atoms with Gasteiger partial charge in [0.2, 0.25) is 5.87 Å². The van der Waals surface area contributed by atoms with E-state index in [0.717, 1.165) is 0 Å². The van der Waals surface area contributed by atoms with Crippen molar-refractivity contribution in [2.75, 3.05) is 27.7 Å². The normalized spacial score (nSPS) is 11.8. The first-order chi connectivity index (χ1) is 4.89. The van der Waals surface area contributed by atoms with Crippen molar-refractivity contribution in [2.24, 2.45) is 0 Å². The van der Waals surface area contributed by atoms with Gasteiger partial charge in [0.25, 0.3) is 0 Å². The van der Waals surface area contributed by atoms with Crippen molar-refractivity contribution in [2.45, 2.75) is 6.92 Å². The first kappa shape index (κ1) is 10.4. The summed E-state index contributed by atoms with van der Waals surface area (Å²) in [5, 5.41) is 0. The maximum Gasteiger partial charge on any atom is 0.434 e. The first-order valence-electron chi connectivity index (χ1n) is 3.51. The van der Waals surface area contributed by atoms with Crippen LogP contribution in [0.4, 0.5) is 9.11 Å². The van der Waals surface area contributed by atoms with Gasteiger partial charge in [-0.15, -0.1) is 0 Å². The Balaban J connectivity index is 4.03. The third-order valence-electron chi connectivity index (χ3n) is 1.16. The maximum absolute atomic E-state index is 13.0. The minimum absolute atomic E-state index is 0.0567. The second-order valence-corrected chi connectivity index (χ2v) is 3.20. The minimum atomic E-state index is -1.59. The summed E-state index contributed by atoms with van der Waals surface area (Å²) in [6.45, 7) is 1.87. The summed E-state index contributed by atoms with van der Waals surface area (Å²) in [6, 6.07) is 0. The van der Waals surface area contributed by atoms with E-state index >= 15 is 0 Å². The van der Waals surface area contributed by atoms with Gasteiger partial charge in [-0.25, -0.2) is 0 Å². The van der Waals surface area contributed by atoms with Crippen LogP contribution in [0.2, 0.25) is 0 Å². The monoisotopic (exact) mass is 162 g/mol. The molecule has 0 atom stereocenters. The highest BCUT2D eigenvalue weighted by molar-refractivity contribution is 6.77. The van der Waals surface area contributed by atoms with Crippen LogP contribution in [0.1, 0.15) is 6.92 Å². The second-order valence-electron chi connectivity index (χ2n) is 3.20. The highest BCUT2D eigenvalue weighted by Crippen LogP contribution is 2.02. The zero-order chi connectivity index (χ0) is 9.07. The Kier molecular flexibility index (Phi) is 3.52. The number of hydrogen-bond donors (Lipinski definition) is 0. The van der Waals surface area contributed by atoms with E-state index in [0.29, 0.717) is 0 Å². The molecule has 0 heterocycles. The van der Waals surface area contributed by atoms with Crippen LogP contribution in [0.3, 0.4) is 0 Å². The Hall–Kier alpha value is -0.575. The lowest BCUT2D eigenvalue weighted by Crippen LogP contribution is -2.51. The summed E-state index contributed by atoms with van der Waals surface area (Å²) in [5.41, 5.74) is 0. The fourth-order valence-corrected chi connectivity index (χ4v) is 0.527. The van der Waals surface area contributed by atoms with Crippen LogP contribution in [0, 0.1) is 0 Å². The number of carbonyl (C=O) groups is 1. The summed E-state index contributed by atoms with van der Waals surface area (Å²) in [5.74, 6) is -0.792. The molecular weight excluding hydrogens is 148 g/mol. The Bertz CT molecular complexity index is 146. The van der Waals surface area contributed by atoms with Crippen LogP contribution in [-0.2, 0) is 4.74 Å². The Morgan fingerprint density at radius 2 is 2.00 bits per heavy atom. The molecule has 0 fully saturated rings. The molecule has 0 aromatic heterocycles. The molecule has 0 aromatic rings. The van der Waals surface area contributed by atoms with E-state index in [2.05, 4.69) is 4.74 Å². The van der Waals surface area contributed by atoms with Gasteiger partial charge in [-0.1, -0.05) is 0 Å². The van der Waals surface area contributed by atoms with E-state index in [-0.39, 0.29) is 11.0 Å². The number of halogens is 1. The van der Waals surface area contributed by atoms with E-state index < -0.39 is 13.0 Å². The summed E-state index contributed by atoms with van der Waals surface area (Å²) in [6.07, 6.45) is 0. The van der Waals surface area contributed by atoms with Crippen molar-refractivity contribution >= 4 is 13.0 Å². The molecular formula is C6H14BFNO2. The van der Waals surface area contributed by atoms with Gasteiger partial charge in [0.1, 0.15) is 0 Å². The number of ether oxygens (including phenoxy) is 1. The van der Waals surface area contributed by atoms with Gasteiger partial charge in [0.15, 0.2) is 0 Å². The van der Waals surface area contributed by atoms with Gasteiger partial charge in [-0.2, -0.15) is 0 Å². The number of quaternary nitrogens is 1. The van der Waals surface area contributed by atoms with Gasteiger partial charge >= 0.3 is 7.12 Å². The van der Waals surface area contributed by atoms with Crippen LogP contribution in [0.25, 0.3) is 0 Å². The molecule has 0 aromatic carbocycles. The Labute approximate surface area is 66.9 Å².